The zero-order valence-electron chi connectivity index (χ0n) is 14.3. The minimum atomic E-state index is -0.0929. The van der Waals surface area contributed by atoms with Gasteiger partial charge in [0.05, 0.1) is 6.10 Å². The summed E-state index contributed by atoms with van der Waals surface area (Å²) < 4.78 is 0. The Kier molecular flexibility index (Phi) is 4.43. The Morgan fingerprint density at radius 2 is 1.71 bits per heavy atom. The fourth-order valence-corrected chi connectivity index (χ4v) is 4.79. The largest absolute Gasteiger partial charge is 0.393 e. The molecule has 0 unspecified atom stereocenters. The van der Waals surface area contributed by atoms with Gasteiger partial charge in [0.15, 0.2) is 0 Å². The second kappa shape index (κ2) is 6.70. The van der Waals surface area contributed by atoms with E-state index in [-0.39, 0.29) is 11.5 Å². The first-order chi connectivity index (χ1) is 11.8. The van der Waals surface area contributed by atoms with Crippen molar-refractivity contribution in [2.24, 2.45) is 5.41 Å². The molecule has 1 saturated carbocycles. The van der Waals surface area contributed by atoms with Crippen LogP contribution in [-0.4, -0.2) is 29.2 Å². The van der Waals surface area contributed by atoms with E-state index in [1.54, 1.807) is 0 Å². The topological polar surface area (TPSA) is 23.5 Å². The standard InChI is InChI=1S/C22H27NO/c24-21-12-6-13-22(21)14-7-15-23(17-22)16-19-10-4-5-11-20(19)18-8-2-1-3-9-18/h1-5,8-11,21,24H,6-7,12-17H2/t21-,22+/m1/s1. The molecule has 24 heavy (non-hydrogen) atoms. The van der Waals surface area contributed by atoms with Crippen LogP contribution < -0.4 is 0 Å². The third-order valence-corrected chi connectivity index (χ3v) is 6.04. The maximum absolute atomic E-state index is 10.5. The first kappa shape index (κ1) is 15.9. The molecule has 0 amide bonds. The van der Waals surface area contributed by atoms with E-state index >= 15 is 0 Å². The molecule has 2 fully saturated rings. The van der Waals surface area contributed by atoms with Gasteiger partial charge in [0, 0.05) is 18.5 Å². The number of aliphatic hydroxyl groups excluding tert-OH is 1. The SMILES string of the molecule is O[C@@H]1CCC[C@@]12CCCN(Cc1ccccc1-c1ccccc1)C2. The Hall–Kier alpha value is -1.64. The predicted octanol–water partition coefficient (Wildman–Crippen LogP) is 4.48. The molecule has 2 heteroatoms. The summed E-state index contributed by atoms with van der Waals surface area (Å²) in [5, 5.41) is 10.5. The van der Waals surface area contributed by atoms with Crippen molar-refractivity contribution in [3.05, 3.63) is 60.2 Å². The molecule has 1 aliphatic heterocycles. The summed E-state index contributed by atoms with van der Waals surface area (Å²) >= 11 is 0. The second-order valence-electron chi connectivity index (χ2n) is 7.61. The fourth-order valence-electron chi connectivity index (χ4n) is 4.79. The molecule has 0 aromatic heterocycles. The molecule has 1 heterocycles. The van der Waals surface area contributed by atoms with Crippen LogP contribution >= 0.6 is 0 Å². The predicted molar refractivity (Wildman–Crippen MR) is 98.7 cm³/mol. The Balaban J connectivity index is 1.56. The number of nitrogens with zero attached hydrogens (tertiary/aromatic N) is 1. The van der Waals surface area contributed by atoms with Gasteiger partial charge in [0.1, 0.15) is 0 Å². The van der Waals surface area contributed by atoms with E-state index in [1.807, 2.05) is 0 Å². The third kappa shape index (κ3) is 3.01. The average Bonchev–Trinajstić information content (AvgIpc) is 2.96. The van der Waals surface area contributed by atoms with Gasteiger partial charge in [-0.25, -0.2) is 0 Å². The number of piperidine rings is 1. The summed E-state index contributed by atoms with van der Waals surface area (Å²) in [6.07, 6.45) is 5.70. The summed E-state index contributed by atoms with van der Waals surface area (Å²) in [4.78, 5) is 2.57. The molecule has 2 nitrogen and oxygen atoms in total. The van der Waals surface area contributed by atoms with Crippen LogP contribution in [0.4, 0.5) is 0 Å². The normalized spacial score (nSPS) is 27.6. The highest BCUT2D eigenvalue weighted by Gasteiger charge is 2.44. The van der Waals surface area contributed by atoms with Gasteiger partial charge in [-0.2, -0.15) is 0 Å². The van der Waals surface area contributed by atoms with Crippen molar-refractivity contribution >= 4 is 0 Å². The Labute approximate surface area is 145 Å². The van der Waals surface area contributed by atoms with Gasteiger partial charge in [-0.15, -0.1) is 0 Å². The van der Waals surface area contributed by atoms with Crippen molar-refractivity contribution in [2.45, 2.75) is 44.8 Å². The monoisotopic (exact) mass is 321 g/mol. The number of aliphatic hydroxyl groups is 1. The van der Waals surface area contributed by atoms with Gasteiger partial charge in [0.25, 0.3) is 0 Å². The van der Waals surface area contributed by atoms with Crippen LogP contribution in [0.2, 0.25) is 0 Å². The molecule has 126 valence electrons. The highest BCUT2D eigenvalue weighted by molar-refractivity contribution is 5.67. The first-order valence-corrected chi connectivity index (χ1v) is 9.31. The molecular weight excluding hydrogens is 294 g/mol. The molecule has 2 aromatic carbocycles. The molecule has 4 rings (SSSR count). The second-order valence-corrected chi connectivity index (χ2v) is 7.61. The van der Waals surface area contributed by atoms with Crippen LogP contribution in [0.5, 0.6) is 0 Å². The van der Waals surface area contributed by atoms with E-state index in [4.69, 9.17) is 0 Å². The van der Waals surface area contributed by atoms with Crippen LogP contribution in [0.25, 0.3) is 11.1 Å². The molecule has 1 spiro atoms. The van der Waals surface area contributed by atoms with Gasteiger partial charge < -0.3 is 5.11 Å². The highest BCUT2D eigenvalue weighted by Crippen LogP contribution is 2.45. The maximum Gasteiger partial charge on any atom is 0.0608 e. The van der Waals surface area contributed by atoms with E-state index in [1.165, 1.54) is 42.4 Å². The number of likely N-dealkylation sites (tertiary alicyclic amines) is 1. The molecule has 2 aromatic rings. The number of hydrogen-bond donors (Lipinski definition) is 1. The van der Waals surface area contributed by atoms with E-state index in [2.05, 4.69) is 59.5 Å². The molecule has 1 N–H and O–H groups in total. The summed E-state index contributed by atoms with van der Waals surface area (Å²) in [5.41, 5.74) is 4.19. The lowest BCUT2D eigenvalue weighted by Gasteiger charge is -2.42. The van der Waals surface area contributed by atoms with E-state index in [0.29, 0.717) is 0 Å². The quantitative estimate of drug-likeness (QED) is 0.901. The molecule has 0 bridgehead atoms. The van der Waals surface area contributed by atoms with Crippen molar-refractivity contribution < 1.29 is 5.11 Å². The van der Waals surface area contributed by atoms with Crippen LogP contribution in [-0.2, 0) is 6.54 Å². The average molecular weight is 321 g/mol. The molecule has 2 aliphatic rings. The summed E-state index contributed by atoms with van der Waals surface area (Å²) in [6.45, 7) is 3.19. The Morgan fingerprint density at radius 1 is 0.958 bits per heavy atom. The first-order valence-electron chi connectivity index (χ1n) is 9.31. The van der Waals surface area contributed by atoms with Crippen LogP contribution in [0.15, 0.2) is 54.6 Å². The zero-order valence-corrected chi connectivity index (χ0v) is 14.3. The fraction of sp³-hybridized carbons (Fsp3) is 0.455. The van der Waals surface area contributed by atoms with Gasteiger partial charge in [-0.1, -0.05) is 61.0 Å². The van der Waals surface area contributed by atoms with Crippen molar-refractivity contribution in [3.8, 4) is 11.1 Å². The zero-order chi connectivity index (χ0) is 16.4. The van der Waals surface area contributed by atoms with Crippen molar-refractivity contribution in [3.63, 3.8) is 0 Å². The minimum Gasteiger partial charge on any atom is -0.393 e. The molecule has 0 radical (unpaired) electrons. The van der Waals surface area contributed by atoms with Crippen molar-refractivity contribution in [1.29, 1.82) is 0 Å². The van der Waals surface area contributed by atoms with E-state index in [0.717, 1.165) is 26.1 Å². The summed E-state index contributed by atoms with van der Waals surface area (Å²) in [5.74, 6) is 0. The molecule has 1 saturated heterocycles. The highest BCUT2D eigenvalue weighted by atomic mass is 16.3. The van der Waals surface area contributed by atoms with E-state index < -0.39 is 0 Å². The van der Waals surface area contributed by atoms with Crippen LogP contribution in [0, 0.1) is 5.41 Å². The number of rotatable bonds is 3. The van der Waals surface area contributed by atoms with Gasteiger partial charge >= 0.3 is 0 Å². The van der Waals surface area contributed by atoms with Crippen LogP contribution in [0.3, 0.4) is 0 Å². The lowest BCUT2D eigenvalue weighted by molar-refractivity contribution is -0.0119. The van der Waals surface area contributed by atoms with Crippen molar-refractivity contribution in [1.82, 2.24) is 4.90 Å². The molecular formula is C22H27NO. The van der Waals surface area contributed by atoms with Crippen LogP contribution in [0.1, 0.15) is 37.7 Å². The van der Waals surface area contributed by atoms with Gasteiger partial charge in [-0.3, -0.25) is 4.90 Å². The maximum atomic E-state index is 10.5. The lowest BCUT2D eigenvalue weighted by atomic mass is 9.76. The van der Waals surface area contributed by atoms with E-state index in [9.17, 15) is 5.11 Å². The lowest BCUT2D eigenvalue weighted by Crippen LogP contribution is -2.46. The summed E-state index contributed by atoms with van der Waals surface area (Å²) in [6, 6.07) is 19.4. The van der Waals surface area contributed by atoms with Gasteiger partial charge in [0.2, 0.25) is 0 Å². The molecule has 2 atom stereocenters. The summed E-state index contributed by atoms with van der Waals surface area (Å²) in [7, 11) is 0. The molecule has 1 aliphatic carbocycles. The third-order valence-electron chi connectivity index (χ3n) is 6.04. The Bertz CT molecular complexity index is 683. The smallest absolute Gasteiger partial charge is 0.0608 e. The van der Waals surface area contributed by atoms with Crippen molar-refractivity contribution in [2.75, 3.05) is 13.1 Å². The minimum absolute atomic E-state index is 0.0929. The van der Waals surface area contributed by atoms with Gasteiger partial charge in [-0.05, 0) is 48.9 Å². The number of benzene rings is 2. The Morgan fingerprint density at radius 3 is 2.50 bits per heavy atom. The number of hydrogen-bond acceptors (Lipinski definition) is 2.